The summed E-state index contributed by atoms with van der Waals surface area (Å²) in [7, 11) is 0. The lowest BCUT2D eigenvalue weighted by atomic mass is 10.1. The van der Waals surface area contributed by atoms with Crippen LogP contribution in [-0.2, 0) is 6.54 Å². The Morgan fingerprint density at radius 1 is 1.05 bits per heavy atom. The highest BCUT2D eigenvalue weighted by atomic mass is 16.2. The standard InChI is InChI=1S/C15H23N3O2/c1-3-12-13(4-2)16-15(20)18(14(12)19)11-10-17-8-6-5-7-9-17/h3-4H,5-11H2,1-2H3,(H,16,20)/b12-3+,13-4+. The van der Waals surface area contributed by atoms with E-state index in [4.69, 9.17) is 0 Å². The van der Waals surface area contributed by atoms with E-state index >= 15 is 0 Å². The van der Waals surface area contributed by atoms with Gasteiger partial charge in [0.15, 0.2) is 0 Å². The van der Waals surface area contributed by atoms with Crippen molar-refractivity contribution in [2.24, 2.45) is 0 Å². The van der Waals surface area contributed by atoms with Crippen molar-refractivity contribution in [3.05, 3.63) is 31.4 Å². The van der Waals surface area contributed by atoms with Crippen LogP contribution in [0.4, 0.5) is 0 Å². The van der Waals surface area contributed by atoms with Crippen molar-refractivity contribution in [1.29, 1.82) is 0 Å². The number of hydrogen-bond donors (Lipinski definition) is 1. The minimum absolute atomic E-state index is 0.193. The molecular weight excluding hydrogens is 254 g/mol. The number of aromatic amines is 1. The Morgan fingerprint density at radius 2 is 1.75 bits per heavy atom. The molecule has 0 spiro atoms. The number of nitrogens with one attached hydrogen (secondary N) is 1. The quantitative estimate of drug-likeness (QED) is 0.819. The van der Waals surface area contributed by atoms with Crippen LogP contribution in [0, 0.1) is 0 Å². The zero-order valence-electron chi connectivity index (χ0n) is 12.3. The minimum Gasteiger partial charge on any atom is -0.307 e. The van der Waals surface area contributed by atoms with Crippen LogP contribution in [0.25, 0.3) is 12.2 Å². The number of nitrogens with zero attached hydrogens (tertiary/aromatic N) is 2. The monoisotopic (exact) mass is 277 g/mol. The van der Waals surface area contributed by atoms with Crippen LogP contribution in [0.2, 0.25) is 0 Å². The highest BCUT2D eigenvalue weighted by Gasteiger charge is 2.11. The topological polar surface area (TPSA) is 58.1 Å². The van der Waals surface area contributed by atoms with Gasteiger partial charge in [-0.1, -0.05) is 18.6 Å². The van der Waals surface area contributed by atoms with Crippen molar-refractivity contribution in [2.45, 2.75) is 39.7 Å². The molecule has 0 atom stereocenters. The van der Waals surface area contributed by atoms with Crippen molar-refractivity contribution in [3.8, 4) is 0 Å². The molecule has 1 aromatic heterocycles. The molecule has 0 radical (unpaired) electrons. The van der Waals surface area contributed by atoms with E-state index < -0.39 is 0 Å². The summed E-state index contributed by atoms with van der Waals surface area (Å²) in [5.41, 5.74) is -0.507. The van der Waals surface area contributed by atoms with Gasteiger partial charge in [0, 0.05) is 13.1 Å². The molecule has 1 aliphatic heterocycles. The second-order valence-corrected chi connectivity index (χ2v) is 5.19. The average molecular weight is 277 g/mol. The molecule has 1 aromatic rings. The smallest absolute Gasteiger partial charge is 0.307 e. The predicted molar refractivity (Wildman–Crippen MR) is 81.1 cm³/mol. The third kappa shape index (κ3) is 3.10. The van der Waals surface area contributed by atoms with Crippen LogP contribution in [0.3, 0.4) is 0 Å². The van der Waals surface area contributed by atoms with Crippen molar-refractivity contribution in [2.75, 3.05) is 19.6 Å². The maximum Gasteiger partial charge on any atom is 0.328 e. The van der Waals surface area contributed by atoms with Crippen LogP contribution in [0.5, 0.6) is 0 Å². The number of hydrogen-bond acceptors (Lipinski definition) is 3. The second-order valence-electron chi connectivity index (χ2n) is 5.19. The Morgan fingerprint density at radius 3 is 2.35 bits per heavy atom. The highest BCUT2D eigenvalue weighted by Crippen LogP contribution is 2.07. The molecule has 0 aliphatic carbocycles. The van der Waals surface area contributed by atoms with E-state index in [1.54, 1.807) is 12.2 Å². The molecule has 2 heterocycles. The first-order valence-corrected chi connectivity index (χ1v) is 7.35. The first kappa shape index (κ1) is 14.8. The van der Waals surface area contributed by atoms with E-state index in [9.17, 15) is 9.59 Å². The Kier molecular flexibility index (Phi) is 4.95. The Balaban J connectivity index is 2.29. The second kappa shape index (κ2) is 6.70. The van der Waals surface area contributed by atoms with Crippen molar-refractivity contribution in [1.82, 2.24) is 14.5 Å². The maximum atomic E-state index is 12.3. The van der Waals surface area contributed by atoms with Crippen molar-refractivity contribution >= 4 is 12.2 Å². The van der Waals surface area contributed by atoms with E-state index in [0.29, 0.717) is 17.1 Å². The number of aromatic nitrogens is 2. The minimum atomic E-state index is -0.314. The molecule has 1 fully saturated rings. The normalized spacial score (nSPS) is 18.7. The zero-order chi connectivity index (χ0) is 14.5. The summed E-state index contributed by atoms with van der Waals surface area (Å²) in [6.07, 6.45) is 7.22. The number of H-pyrrole nitrogens is 1. The summed E-state index contributed by atoms with van der Waals surface area (Å²) < 4.78 is 1.32. The van der Waals surface area contributed by atoms with Crippen molar-refractivity contribution < 1.29 is 0 Å². The summed E-state index contributed by atoms with van der Waals surface area (Å²) in [5.74, 6) is 0. The number of piperidine rings is 1. The fraction of sp³-hybridized carbons (Fsp3) is 0.600. The highest BCUT2D eigenvalue weighted by molar-refractivity contribution is 5.23. The molecule has 5 nitrogen and oxygen atoms in total. The largest absolute Gasteiger partial charge is 0.328 e. The Labute approximate surface area is 118 Å². The van der Waals surface area contributed by atoms with Crippen LogP contribution in [0.15, 0.2) is 9.59 Å². The van der Waals surface area contributed by atoms with Gasteiger partial charge in [-0.05, 0) is 39.8 Å². The molecule has 110 valence electrons. The first-order chi connectivity index (χ1) is 9.67. The number of likely N-dealkylation sites (tertiary alicyclic amines) is 1. The van der Waals surface area contributed by atoms with Crippen LogP contribution >= 0.6 is 0 Å². The summed E-state index contributed by atoms with van der Waals surface area (Å²) in [5, 5.41) is 1.18. The van der Waals surface area contributed by atoms with Crippen LogP contribution in [-0.4, -0.2) is 34.1 Å². The molecule has 1 aliphatic rings. The summed E-state index contributed by atoms with van der Waals surface area (Å²) in [6.45, 7) is 6.99. The molecule has 20 heavy (non-hydrogen) atoms. The SMILES string of the molecule is C/C=c1/[nH]c(=O)n(CCN2CCCCC2)c(=O)/c1=C/C. The van der Waals surface area contributed by atoms with Gasteiger partial charge in [-0.2, -0.15) is 0 Å². The molecule has 5 heteroatoms. The molecule has 0 saturated carbocycles. The maximum absolute atomic E-state index is 12.3. The summed E-state index contributed by atoms with van der Waals surface area (Å²) in [4.78, 5) is 29.5. The van der Waals surface area contributed by atoms with Gasteiger partial charge in [0.25, 0.3) is 5.56 Å². The van der Waals surface area contributed by atoms with E-state index in [1.807, 2.05) is 13.8 Å². The van der Waals surface area contributed by atoms with E-state index in [-0.39, 0.29) is 11.2 Å². The molecule has 0 aromatic carbocycles. The molecule has 0 unspecified atom stereocenters. The molecule has 0 bridgehead atoms. The van der Waals surface area contributed by atoms with Gasteiger partial charge in [-0.15, -0.1) is 0 Å². The van der Waals surface area contributed by atoms with Crippen molar-refractivity contribution in [3.63, 3.8) is 0 Å². The summed E-state index contributed by atoms with van der Waals surface area (Å²) >= 11 is 0. The molecule has 0 amide bonds. The first-order valence-electron chi connectivity index (χ1n) is 7.35. The third-order valence-electron chi connectivity index (χ3n) is 3.92. The number of rotatable bonds is 3. The summed E-state index contributed by atoms with van der Waals surface area (Å²) in [6, 6.07) is 0. The van der Waals surface area contributed by atoms with E-state index in [0.717, 1.165) is 19.6 Å². The van der Waals surface area contributed by atoms with Gasteiger partial charge in [0.1, 0.15) is 0 Å². The van der Waals surface area contributed by atoms with E-state index in [2.05, 4.69) is 9.88 Å². The van der Waals surface area contributed by atoms with Gasteiger partial charge in [-0.3, -0.25) is 9.36 Å². The van der Waals surface area contributed by atoms with Crippen LogP contribution in [0.1, 0.15) is 33.1 Å². The lowest BCUT2D eigenvalue weighted by molar-refractivity contribution is 0.218. The average Bonchev–Trinajstić information content (AvgIpc) is 2.47. The third-order valence-corrected chi connectivity index (χ3v) is 3.92. The van der Waals surface area contributed by atoms with Gasteiger partial charge in [0.2, 0.25) is 0 Å². The fourth-order valence-corrected chi connectivity index (χ4v) is 2.74. The predicted octanol–water partition coefficient (Wildman–Crippen LogP) is -0.377. The van der Waals surface area contributed by atoms with Gasteiger partial charge in [-0.25, -0.2) is 4.79 Å². The zero-order valence-corrected chi connectivity index (χ0v) is 12.3. The Bertz CT molecular complexity index is 679. The van der Waals surface area contributed by atoms with Gasteiger partial charge in [0.05, 0.1) is 10.6 Å². The molecule has 2 rings (SSSR count). The fourth-order valence-electron chi connectivity index (χ4n) is 2.74. The Hall–Kier alpha value is -1.62. The van der Waals surface area contributed by atoms with Crippen LogP contribution < -0.4 is 21.8 Å². The molecular formula is C15H23N3O2. The lowest BCUT2D eigenvalue weighted by Crippen LogP contribution is -2.54. The lowest BCUT2D eigenvalue weighted by Gasteiger charge is -2.26. The molecule has 1 saturated heterocycles. The van der Waals surface area contributed by atoms with E-state index in [1.165, 1.54) is 23.8 Å². The van der Waals surface area contributed by atoms with Gasteiger partial charge >= 0.3 is 5.69 Å². The van der Waals surface area contributed by atoms with Gasteiger partial charge < -0.3 is 9.88 Å². The molecule has 1 N–H and O–H groups in total.